The third kappa shape index (κ3) is 5.17. The van der Waals surface area contributed by atoms with Crippen LogP contribution >= 0.6 is 0 Å². The number of halogens is 1. The van der Waals surface area contributed by atoms with Crippen molar-refractivity contribution >= 4 is 11.4 Å². The van der Waals surface area contributed by atoms with E-state index in [4.69, 9.17) is 5.73 Å². The summed E-state index contributed by atoms with van der Waals surface area (Å²) in [4.78, 5) is 29.0. The van der Waals surface area contributed by atoms with Gasteiger partial charge in [-0.05, 0) is 68.3 Å². The number of hydrogen-bond donors (Lipinski definition) is 1. The minimum atomic E-state index is -0.402. The van der Waals surface area contributed by atoms with Gasteiger partial charge in [-0.25, -0.2) is 9.18 Å². The first kappa shape index (κ1) is 24.3. The standard InChI is InChI=1S/C27H30FN5O2/c1-3-24(31(15-7-14-29)26(34)21-10-12-22(28)13-11-21)25-17-23-16-19(2)30-33(23)27(35)32(25)18-20-8-5-4-6-9-20/h4-6,8-13,16-17,24H,3,7,14-15,18,29H2,1-2H3/t24-/m1/s1. The molecule has 35 heavy (non-hydrogen) atoms. The molecular weight excluding hydrogens is 445 g/mol. The van der Waals surface area contributed by atoms with Crippen LogP contribution in [0.2, 0.25) is 0 Å². The Morgan fingerprint density at radius 1 is 1.11 bits per heavy atom. The third-order valence-corrected chi connectivity index (χ3v) is 6.12. The fraction of sp³-hybridized carbons (Fsp3) is 0.296. The van der Waals surface area contributed by atoms with Crippen LogP contribution in [0.25, 0.3) is 5.52 Å². The summed E-state index contributed by atoms with van der Waals surface area (Å²) < 4.78 is 16.6. The molecule has 0 aliphatic heterocycles. The molecule has 1 amide bonds. The molecular formula is C27H30FN5O2. The van der Waals surface area contributed by atoms with Crippen molar-refractivity contribution in [3.63, 3.8) is 0 Å². The van der Waals surface area contributed by atoms with Gasteiger partial charge in [0, 0.05) is 17.8 Å². The zero-order valence-electron chi connectivity index (χ0n) is 20.0. The molecule has 2 aromatic carbocycles. The van der Waals surface area contributed by atoms with Gasteiger partial charge in [0.2, 0.25) is 0 Å². The molecule has 182 valence electrons. The number of carbonyl (C=O) groups excluding carboxylic acids is 1. The Kier molecular flexibility index (Phi) is 7.41. The lowest BCUT2D eigenvalue weighted by atomic mass is 10.0. The number of benzene rings is 2. The van der Waals surface area contributed by atoms with Crippen LogP contribution in [-0.2, 0) is 6.54 Å². The van der Waals surface area contributed by atoms with E-state index in [0.717, 1.165) is 17.0 Å². The normalized spacial score (nSPS) is 12.1. The highest BCUT2D eigenvalue weighted by Gasteiger charge is 2.28. The summed E-state index contributed by atoms with van der Waals surface area (Å²) in [6, 6.07) is 18.6. The number of fused-ring (bicyclic) bond motifs is 1. The van der Waals surface area contributed by atoms with Crippen molar-refractivity contribution in [2.45, 2.75) is 39.3 Å². The van der Waals surface area contributed by atoms with Gasteiger partial charge >= 0.3 is 5.69 Å². The highest BCUT2D eigenvalue weighted by atomic mass is 19.1. The number of nitrogens with zero attached hydrogens (tertiary/aromatic N) is 4. The van der Waals surface area contributed by atoms with Gasteiger partial charge in [-0.2, -0.15) is 9.61 Å². The SMILES string of the molecule is CC[C@H](c1cc2cc(C)nn2c(=O)n1Cc1ccccc1)N(CCCN)C(=O)c1ccc(F)cc1. The molecule has 0 bridgehead atoms. The lowest BCUT2D eigenvalue weighted by Crippen LogP contribution is -2.40. The molecule has 0 aliphatic rings. The van der Waals surface area contributed by atoms with Crippen LogP contribution in [0.5, 0.6) is 0 Å². The van der Waals surface area contributed by atoms with Crippen molar-refractivity contribution in [3.8, 4) is 0 Å². The Balaban J connectivity index is 1.86. The Morgan fingerprint density at radius 2 is 1.83 bits per heavy atom. The summed E-state index contributed by atoms with van der Waals surface area (Å²) in [5.41, 5.74) is 9.03. The van der Waals surface area contributed by atoms with Gasteiger partial charge in [-0.1, -0.05) is 37.3 Å². The van der Waals surface area contributed by atoms with Crippen LogP contribution in [0, 0.1) is 12.7 Å². The van der Waals surface area contributed by atoms with Crippen molar-refractivity contribution in [1.29, 1.82) is 0 Å². The van der Waals surface area contributed by atoms with E-state index < -0.39 is 11.9 Å². The predicted molar refractivity (Wildman–Crippen MR) is 134 cm³/mol. The highest BCUT2D eigenvalue weighted by Crippen LogP contribution is 2.27. The Labute approximate surface area is 203 Å². The van der Waals surface area contributed by atoms with Crippen LogP contribution in [0.3, 0.4) is 0 Å². The van der Waals surface area contributed by atoms with Gasteiger partial charge in [-0.15, -0.1) is 0 Å². The fourth-order valence-corrected chi connectivity index (χ4v) is 4.44. The van der Waals surface area contributed by atoms with Crippen molar-refractivity contribution < 1.29 is 9.18 Å². The van der Waals surface area contributed by atoms with Crippen molar-refractivity contribution in [2.75, 3.05) is 13.1 Å². The average molecular weight is 476 g/mol. The summed E-state index contributed by atoms with van der Waals surface area (Å²) in [5, 5.41) is 4.38. The summed E-state index contributed by atoms with van der Waals surface area (Å²) in [5.74, 6) is -0.631. The van der Waals surface area contributed by atoms with E-state index in [2.05, 4.69) is 5.10 Å². The molecule has 7 nitrogen and oxygen atoms in total. The van der Waals surface area contributed by atoms with Gasteiger partial charge in [0.05, 0.1) is 23.8 Å². The molecule has 4 aromatic rings. The second-order valence-electron chi connectivity index (χ2n) is 8.62. The summed E-state index contributed by atoms with van der Waals surface area (Å²) >= 11 is 0. The molecule has 2 N–H and O–H groups in total. The van der Waals surface area contributed by atoms with E-state index >= 15 is 0 Å². The van der Waals surface area contributed by atoms with E-state index in [1.54, 1.807) is 9.47 Å². The molecule has 2 aromatic heterocycles. The number of carbonyl (C=O) groups is 1. The second kappa shape index (κ2) is 10.7. The molecule has 0 spiro atoms. The summed E-state index contributed by atoms with van der Waals surface area (Å²) in [6.07, 6.45) is 1.18. The number of amides is 1. The second-order valence-corrected chi connectivity index (χ2v) is 8.62. The fourth-order valence-electron chi connectivity index (χ4n) is 4.44. The predicted octanol–water partition coefficient (Wildman–Crippen LogP) is 3.93. The maximum atomic E-state index is 13.6. The maximum absolute atomic E-state index is 13.6. The number of aryl methyl sites for hydroxylation is 1. The van der Waals surface area contributed by atoms with Gasteiger partial charge < -0.3 is 10.6 Å². The monoisotopic (exact) mass is 475 g/mol. The third-order valence-electron chi connectivity index (χ3n) is 6.12. The van der Waals surface area contributed by atoms with Crippen LogP contribution in [0.1, 0.15) is 53.1 Å². The number of hydrogen-bond acceptors (Lipinski definition) is 4. The van der Waals surface area contributed by atoms with Gasteiger partial charge in [0.15, 0.2) is 0 Å². The lowest BCUT2D eigenvalue weighted by Gasteiger charge is -2.33. The maximum Gasteiger partial charge on any atom is 0.349 e. The lowest BCUT2D eigenvalue weighted by molar-refractivity contribution is 0.0660. The number of aromatic nitrogens is 3. The van der Waals surface area contributed by atoms with Crippen molar-refractivity contribution in [1.82, 2.24) is 19.1 Å². The summed E-state index contributed by atoms with van der Waals surface area (Å²) in [7, 11) is 0. The van der Waals surface area contributed by atoms with Gasteiger partial charge in [0.1, 0.15) is 5.82 Å². The molecule has 4 rings (SSSR count). The zero-order valence-corrected chi connectivity index (χ0v) is 20.0. The van der Waals surface area contributed by atoms with E-state index in [9.17, 15) is 14.0 Å². The van der Waals surface area contributed by atoms with Gasteiger partial charge in [-0.3, -0.25) is 9.36 Å². The Bertz CT molecular complexity index is 1360. The first-order chi connectivity index (χ1) is 16.9. The molecule has 0 aliphatic carbocycles. The summed E-state index contributed by atoms with van der Waals surface area (Å²) in [6.45, 7) is 5.00. The van der Waals surface area contributed by atoms with Crippen LogP contribution in [-0.4, -0.2) is 38.1 Å². The van der Waals surface area contributed by atoms with Crippen LogP contribution < -0.4 is 11.4 Å². The molecule has 1 atom stereocenters. The zero-order chi connectivity index (χ0) is 24.9. The van der Waals surface area contributed by atoms with Crippen molar-refractivity contribution in [2.24, 2.45) is 5.73 Å². The van der Waals surface area contributed by atoms with Crippen LogP contribution in [0.4, 0.5) is 4.39 Å². The van der Waals surface area contributed by atoms with E-state index in [1.165, 1.54) is 28.8 Å². The molecule has 8 heteroatoms. The van der Waals surface area contributed by atoms with E-state index in [1.807, 2.05) is 56.3 Å². The average Bonchev–Trinajstić information content (AvgIpc) is 3.25. The number of rotatable bonds is 9. The molecule has 0 saturated heterocycles. The van der Waals surface area contributed by atoms with E-state index in [-0.39, 0.29) is 11.6 Å². The first-order valence-electron chi connectivity index (χ1n) is 11.8. The molecule has 0 radical (unpaired) electrons. The molecule has 0 unspecified atom stereocenters. The smallest absolute Gasteiger partial charge is 0.330 e. The Morgan fingerprint density at radius 3 is 2.49 bits per heavy atom. The largest absolute Gasteiger partial charge is 0.349 e. The highest BCUT2D eigenvalue weighted by molar-refractivity contribution is 5.94. The van der Waals surface area contributed by atoms with Gasteiger partial charge in [0.25, 0.3) is 5.91 Å². The van der Waals surface area contributed by atoms with E-state index in [0.29, 0.717) is 43.6 Å². The van der Waals surface area contributed by atoms with Crippen molar-refractivity contribution in [3.05, 3.63) is 106 Å². The topological polar surface area (TPSA) is 85.6 Å². The minimum absolute atomic E-state index is 0.228. The molecule has 0 fully saturated rings. The number of nitrogens with two attached hydrogens (primary N) is 1. The van der Waals surface area contributed by atoms with Crippen LogP contribution in [0.15, 0.2) is 71.5 Å². The molecule has 0 saturated carbocycles. The minimum Gasteiger partial charge on any atom is -0.330 e. The Hall–Kier alpha value is -3.78. The quantitative estimate of drug-likeness (QED) is 0.397. The first-order valence-corrected chi connectivity index (χ1v) is 11.8. The molecule has 2 heterocycles.